The zero-order chi connectivity index (χ0) is 11.3. The molecule has 0 saturated heterocycles. The molecule has 1 N–H and O–H groups in total. The molecule has 1 rings (SSSR count). The Bertz CT molecular complexity index is 397. The Hall–Kier alpha value is -0.880. The van der Waals surface area contributed by atoms with Crippen LogP contribution in [0.2, 0.25) is 0 Å². The predicted molar refractivity (Wildman–Crippen MR) is 59.5 cm³/mol. The Morgan fingerprint density at radius 2 is 2.20 bits per heavy atom. The zero-order valence-electron chi connectivity index (χ0n) is 9.10. The molecule has 0 aliphatic heterocycles. The van der Waals surface area contributed by atoms with Gasteiger partial charge in [-0.25, -0.2) is 8.42 Å². The first-order valence-corrected chi connectivity index (χ1v) is 6.90. The fourth-order valence-electron chi connectivity index (χ4n) is 1.20. The van der Waals surface area contributed by atoms with Crippen molar-refractivity contribution in [3.8, 4) is 0 Å². The van der Waals surface area contributed by atoms with Gasteiger partial charge in [0.1, 0.15) is 9.84 Å². The van der Waals surface area contributed by atoms with E-state index in [1.54, 1.807) is 4.68 Å². The van der Waals surface area contributed by atoms with Gasteiger partial charge in [0.2, 0.25) is 0 Å². The van der Waals surface area contributed by atoms with E-state index in [9.17, 15) is 8.42 Å². The zero-order valence-corrected chi connectivity index (χ0v) is 9.92. The number of rotatable bonds is 6. The summed E-state index contributed by atoms with van der Waals surface area (Å²) in [5, 5.41) is 7.29. The lowest BCUT2D eigenvalue weighted by molar-refractivity contribution is 0.596. The molecule has 0 amide bonds. The molecule has 0 radical (unpaired) electrons. The van der Waals surface area contributed by atoms with Crippen LogP contribution < -0.4 is 5.32 Å². The van der Waals surface area contributed by atoms with Crippen LogP contribution in [0.15, 0.2) is 12.3 Å². The molecule has 0 spiro atoms. The third kappa shape index (κ3) is 5.54. The van der Waals surface area contributed by atoms with Gasteiger partial charge in [-0.1, -0.05) is 0 Å². The molecule has 0 unspecified atom stereocenters. The number of sulfone groups is 1. The average molecular weight is 231 g/mol. The number of nitrogens with zero attached hydrogens (tertiary/aromatic N) is 2. The molecule has 1 heterocycles. The largest absolute Gasteiger partial charge is 0.315 e. The highest BCUT2D eigenvalue weighted by Crippen LogP contribution is 1.93. The Labute approximate surface area is 90.4 Å². The van der Waals surface area contributed by atoms with Gasteiger partial charge >= 0.3 is 0 Å². The van der Waals surface area contributed by atoms with E-state index in [1.807, 2.05) is 19.3 Å². The van der Waals surface area contributed by atoms with E-state index in [0.29, 0.717) is 6.54 Å². The lowest BCUT2D eigenvalue weighted by Crippen LogP contribution is -2.24. The lowest BCUT2D eigenvalue weighted by atomic mass is 10.3. The number of hydrogen-bond donors (Lipinski definition) is 1. The van der Waals surface area contributed by atoms with Crippen LogP contribution in [0.4, 0.5) is 0 Å². The quantitative estimate of drug-likeness (QED) is 0.676. The van der Waals surface area contributed by atoms with Crippen LogP contribution in [-0.4, -0.2) is 43.3 Å². The molecule has 0 fully saturated rings. The van der Waals surface area contributed by atoms with Crippen LogP contribution in [0.5, 0.6) is 0 Å². The van der Waals surface area contributed by atoms with Crippen LogP contribution in [-0.2, 0) is 23.3 Å². The highest BCUT2D eigenvalue weighted by atomic mass is 32.2. The minimum absolute atomic E-state index is 0.190. The summed E-state index contributed by atoms with van der Waals surface area (Å²) < 4.78 is 23.4. The normalized spacial score (nSPS) is 11.9. The van der Waals surface area contributed by atoms with Crippen LogP contribution in [0.25, 0.3) is 0 Å². The van der Waals surface area contributed by atoms with Crippen molar-refractivity contribution >= 4 is 9.84 Å². The molecule has 6 heteroatoms. The summed E-state index contributed by atoms with van der Waals surface area (Å²) in [5.74, 6) is 0.190. The lowest BCUT2D eigenvalue weighted by Gasteiger charge is -2.01. The fraction of sp³-hybridized carbons (Fsp3) is 0.667. The molecular formula is C9H17N3O2S. The molecule has 5 nitrogen and oxygen atoms in total. The molecule has 0 aliphatic carbocycles. The van der Waals surface area contributed by atoms with Gasteiger partial charge in [0, 0.05) is 39.0 Å². The Balaban J connectivity index is 2.12. The van der Waals surface area contributed by atoms with Crippen molar-refractivity contribution in [3.63, 3.8) is 0 Å². The maximum absolute atomic E-state index is 10.8. The summed E-state index contributed by atoms with van der Waals surface area (Å²) in [4.78, 5) is 0. The molecule has 86 valence electrons. The first-order valence-electron chi connectivity index (χ1n) is 4.84. The van der Waals surface area contributed by atoms with Crippen molar-refractivity contribution in [1.29, 1.82) is 0 Å². The van der Waals surface area contributed by atoms with E-state index in [1.165, 1.54) is 6.26 Å². The third-order valence-electron chi connectivity index (χ3n) is 1.98. The summed E-state index contributed by atoms with van der Waals surface area (Å²) in [6, 6.07) is 1.96. The van der Waals surface area contributed by atoms with Crippen molar-refractivity contribution in [3.05, 3.63) is 18.0 Å². The molecule has 1 aromatic rings. The molecule has 1 aromatic heterocycles. The SMILES string of the molecule is Cn1ccc(CCNCCS(C)(=O)=O)n1. The van der Waals surface area contributed by atoms with Gasteiger partial charge in [-0.05, 0) is 6.07 Å². The second-order valence-corrected chi connectivity index (χ2v) is 5.87. The summed E-state index contributed by atoms with van der Waals surface area (Å²) in [7, 11) is -0.972. The van der Waals surface area contributed by atoms with Crippen molar-refractivity contribution in [2.24, 2.45) is 7.05 Å². The van der Waals surface area contributed by atoms with Crippen molar-refractivity contribution in [1.82, 2.24) is 15.1 Å². The molecule has 0 aliphatic rings. The molecular weight excluding hydrogens is 214 g/mol. The monoisotopic (exact) mass is 231 g/mol. The van der Waals surface area contributed by atoms with Crippen molar-refractivity contribution in [2.45, 2.75) is 6.42 Å². The minimum atomic E-state index is -2.85. The van der Waals surface area contributed by atoms with Crippen LogP contribution in [0.1, 0.15) is 5.69 Å². The second-order valence-electron chi connectivity index (χ2n) is 3.61. The molecule has 0 aromatic carbocycles. The van der Waals surface area contributed by atoms with Crippen LogP contribution in [0, 0.1) is 0 Å². The van der Waals surface area contributed by atoms with Gasteiger partial charge in [-0.3, -0.25) is 4.68 Å². The highest BCUT2D eigenvalue weighted by molar-refractivity contribution is 7.90. The third-order valence-corrected chi connectivity index (χ3v) is 2.92. The van der Waals surface area contributed by atoms with Crippen molar-refractivity contribution < 1.29 is 8.42 Å². The van der Waals surface area contributed by atoms with E-state index in [2.05, 4.69) is 10.4 Å². The summed E-state index contributed by atoms with van der Waals surface area (Å²) in [6.45, 7) is 1.26. The first kappa shape index (κ1) is 12.2. The Morgan fingerprint density at radius 1 is 1.47 bits per heavy atom. The smallest absolute Gasteiger partial charge is 0.148 e. The number of hydrogen-bond acceptors (Lipinski definition) is 4. The van der Waals surface area contributed by atoms with Crippen LogP contribution in [0.3, 0.4) is 0 Å². The Kier molecular flexibility index (Phi) is 4.28. The number of aryl methyl sites for hydroxylation is 1. The Morgan fingerprint density at radius 3 is 2.73 bits per heavy atom. The standard InChI is InChI=1S/C9H17N3O2S/c1-12-7-4-9(11-12)3-5-10-6-8-15(2,13)14/h4,7,10H,3,5-6,8H2,1-2H3. The van der Waals surface area contributed by atoms with Gasteiger partial charge in [-0.2, -0.15) is 5.10 Å². The maximum Gasteiger partial charge on any atom is 0.148 e. The second kappa shape index (κ2) is 5.27. The number of nitrogens with one attached hydrogen (secondary N) is 1. The van der Waals surface area contributed by atoms with E-state index in [4.69, 9.17) is 0 Å². The summed E-state index contributed by atoms with van der Waals surface area (Å²) in [5.41, 5.74) is 1.02. The van der Waals surface area contributed by atoms with Crippen LogP contribution >= 0.6 is 0 Å². The molecule has 0 atom stereocenters. The van der Waals surface area contributed by atoms with Gasteiger partial charge in [0.05, 0.1) is 11.4 Å². The van der Waals surface area contributed by atoms with Gasteiger partial charge < -0.3 is 5.32 Å². The summed E-state index contributed by atoms with van der Waals surface area (Å²) >= 11 is 0. The topological polar surface area (TPSA) is 64.0 Å². The maximum atomic E-state index is 10.8. The number of aromatic nitrogens is 2. The molecule has 0 saturated carbocycles. The van der Waals surface area contributed by atoms with Crippen molar-refractivity contribution in [2.75, 3.05) is 25.1 Å². The van der Waals surface area contributed by atoms with E-state index < -0.39 is 9.84 Å². The van der Waals surface area contributed by atoms with E-state index >= 15 is 0 Å². The summed E-state index contributed by atoms with van der Waals surface area (Å²) in [6.07, 6.45) is 3.96. The fourth-order valence-corrected chi connectivity index (χ4v) is 1.71. The predicted octanol–water partition coefficient (Wildman–Crippen LogP) is -0.403. The molecule has 0 bridgehead atoms. The van der Waals surface area contributed by atoms with Gasteiger partial charge in [-0.15, -0.1) is 0 Å². The molecule has 15 heavy (non-hydrogen) atoms. The van der Waals surface area contributed by atoms with E-state index in [0.717, 1.165) is 18.7 Å². The first-order chi connectivity index (χ1) is 6.97. The van der Waals surface area contributed by atoms with Gasteiger partial charge in [0.25, 0.3) is 0 Å². The van der Waals surface area contributed by atoms with E-state index in [-0.39, 0.29) is 5.75 Å². The minimum Gasteiger partial charge on any atom is -0.315 e. The highest BCUT2D eigenvalue weighted by Gasteiger charge is 2.01. The average Bonchev–Trinajstić information content (AvgIpc) is 2.49. The van der Waals surface area contributed by atoms with Gasteiger partial charge in [0.15, 0.2) is 0 Å².